The minimum Gasteiger partial charge on any atom is -0.356 e. The van der Waals surface area contributed by atoms with Gasteiger partial charge in [0.05, 0.1) is 6.04 Å². The van der Waals surface area contributed by atoms with E-state index in [-0.39, 0.29) is 52.9 Å². The van der Waals surface area contributed by atoms with E-state index < -0.39 is 41.7 Å². The molecular formula is C34H42FN5O5. The number of nitrogens with one attached hydrogen (secondary N) is 4. The molecule has 240 valence electrons. The summed E-state index contributed by atoms with van der Waals surface area (Å²) in [6.07, 6.45) is 6.34. The molecule has 2 aliphatic carbocycles. The van der Waals surface area contributed by atoms with Crippen LogP contribution in [0.3, 0.4) is 0 Å². The summed E-state index contributed by atoms with van der Waals surface area (Å²) < 4.78 is 14.4. The molecule has 2 aromatic rings. The number of likely N-dealkylation sites (tertiary alicyclic amines) is 1. The monoisotopic (exact) mass is 619 g/mol. The highest BCUT2D eigenvalue weighted by Gasteiger charge is 2.69. The van der Waals surface area contributed by atoms with Crippen LogP contribution in [0.5, 0.6) is 0 Å². The molecule has 6 rings (SSSR count). The van der Waals surface area contributed by atoms with E-state index in [1.54, 1.807) is 17.0 Å². The first-order chi connectivity index (χ1) is 21.5. The minimum atomic E-state index is -0.932. The summed E-state index contributed by atoms with van der Waals surface area (Å²) in [5.41, 5.74) is 0.475. The first-order valence-corrected chi connectivity index (χ1v) is 16.1. The van der Waals surface area contributed by atoms with E-state index in [4.69, 9.17) is 0 Å². The summed E-state index contributed by atoms with van der Waals surface area (Å²) in [5, 5.41) is 8.91. The number of aromatic amines is 1. The van der Waals surface area contributed by atoms with Crippen LogP contribution in [0.25, 0.3) is 10.9 Å². The van der Waals surface area contributed by atoms with Gasteiger partial charge in [-0.1, -0.05) is 45.8 Å². The number of carbonyl (C=O) groups excluding carboxylic acids is 5. The molecule has 0 radical (unpaired) electrons. The van der Waals surface area contributed by atoms with E-state index in [2.05, 4.69) is 41.4 Å². The van der Waals surface area contributed by atoms with Crippen LogP contribution in [0.4, 0.5) is 4.39 Å². The molecule has 4 amide bonds. The first-order valence-electron chi connectivity index (χ1n) is 16.1. The Bertz CT molecular complexity index is 1540. The molecule has 6 atom stereocenters. The molecular weight excluding hydrogens is 577 g/mol. The summed E-state index contributed by atoms with van der Waals surface area (Å²) in [5.74, 6) is -2.73. The van der Waals surface area contributed by atoms with E-state index in [1.165, 1.54) is 12.1 Å². The van der Waals surface area contributed by atoms with E-state index in [0.717, 1.165) is 38.2 Å². The number of carbonyl (C=O) groups is 5. The molecule has 1 aromatic heterocycles. The van der Waals surface area contributed by atoms with Gasteiger partial charge >= 0.3 is 0 Å². The van der Waals surface area contributed by atoms with Crippen LogP contribution in [-0.4, -0.2) is 70.5 Å². The van der Waals surface area contributed by atoms with Crippen LogP contribution in [0.15, 0.2) is 36.9 Å². The Hall–Kier alpha value is -4.02. The number of benzene rings is 1. The maximum absolute atomic E-state index is 14.5. The number of amides is 4. The average molecular weight is 620 g/mol. The quantitative estimate of drug-likeness (QED) is 0.303. The molecule has 2 aliphatic heterocycles. The Morgan fingerprint density at radius 2 is 1.89 bits per heavy atom. The topological polar surface area (TPSA) is 140 Å². The molecule has 10 nitrogen and oxygen atoms in total. The lowest BCUT2D eigenvalue weighted by atomic mass is 9.83. The Morgan fingerprint density at radius 1 is 1.13 bits per heavy atom. The van der Waals surface area contributed by atoms with Crippen molar-refractivity contribution >= 4 is 40.3 Å². The van der Waals surface area contributed by atoms with Gasteiger partial charge in [0.25, 0.3) is 5.91 Å². The molecule has 0 unspecified atom stereocenters. The van der Waals surface area contributed by atoms with Gasteiger partial charge in [0, 0.05) is 29.9 Å². The van der Waals surface area contributed by atoms with Gasteiger partial charge in [-0.2, -0.15) is 0 Å². The van der Waals surface area contributed by atoms with Crippen molar-refractivity contribution in [1.82, 2.24) is 25.8 Å². The smallest absolute Gasteiger partial charge is 0.268 e. The standard InChI is InChI=1S/C34H42FN5O5/c1-4-26(41)24(15-19-13-14-36-30(19)42)38-32(44)29-27-21(34(27,2)3)17-40(29)33(45)28(18-9-6-5-7-10-18)39-31(43)25-16-20-22(35)11-8-12-23(20)37-25/h4,8,11-12,16,18-19,21,24,27-29,37H,1,5-7,9-10,13-15,17H2,2-3H3,(H,36,42)(H,38,44)(H,39,43)/t19-,21-,24-,27-,28-,29-/m0/s1. The lowest BCUT2D eigenvalue weighted by Crippen LogP contribution is -2.59. The first kappa shape index (κ1) is 31.0. The van der Waals surface area contributed by atoms with Crippen LogP contribution in [0, 0.1) is 34.9 Å². The van der Waals surface area contributed by atoms with Crippen molar-refractivity contribution in [2.45, 2.75) is 76.9 Å². The average Bonchev–Trinajstić information content (AvgIpc) is 3.55. The molecule has 3 heterocycles. The molecule has 0 bridgehead atoms. The zero-order valence-corrected chi connectivity index (χ0v) is 25.9. The summed E-state index contributed by atoms with van der Waals surface area (Å²) in [7, 11) is 0. The normalized spacial score (nSPS) is 26.9. The highest BCUT2D eigenvalue weighted by atomic mass is 19.1. The van der Waals surface area contributed by atoms with Gasteiger partial charge in [-0.05, 0) is 73.1 Å². The van der Waals surface area contributed by atoms with Crippen LogP contribution in [0.1, 0.15) is 69.3 Å². The Balaban J connectivity index is 1.25. The van der Waals surface area contributed by atoms with Crippen molar-refractivity contribution in [1.29, 1.82) is 0 Å². The molecule has 4 aliphatic rings. The molecule has 11 heteroatoms. The van der Waals surface area contributed by atoms with E-state index in [0.29, 0.717) is 30.4 Å². The predicted octanol–water partition coefficient (Wildman–Crippen LogP) is 3.23. The third-order valence-electron chi connectivity index (χ3n) is 10.8. The molecule has 4 N–H and O–H groups in total. The molecule has 2 saturated heterocycles. The second-order valence-electron chi connectivity index (χ2n) is 13.8. The molecule has 1 aromatic carbocycles. The Kier molecular flexibility index (Phi) is 8.30. The van der Waals surface area contributed by atoms with Crippen LogP contribution < -0.4 is 16.0 Å². The number of piperidine rings is 1. The fourth-order valence-corrected chi connectivity index (χ4v) is 8.10. The van der Waals surface area contributed by atoms with E-state index in [9.17, 15) is 28.4 Å². The second-order valence-corrected chi connectivity index (χ2v) is 13.8. The zero-order chi connectivity index (χ0) is 32.0. The number of rotatable bonds is 10. The van der Waals surface area contributed by atoms with Crippen molar-refractivity contribution in [3.8, 4) is 0 Å². The highest BCUT2D eigenvalue weighted by molar-refractivity contribution is 6.02. The number of aromatic nitrogens is 1. The predicted molar refractivity (Wildman–Crippen MR) is 165 cm³/mol. The van der Waals surface area contributed by atoms with Crippen molar-refractivity contribution in [3.05, 3.63) is 48.4 Å². The van der Waals surface area contributed by atoms with Crippen LogP contribution >= 0.6 is 0 Å². The summed E-state index contributed by atoms with van der Waals surface area (Å²) in [4.78, 5) is 71.7. The van der Waals surface area contributed by atoms with Gasteiger partial charge in [0.1, 0.15) is 23.6 Å². The highest BCUT2D eigenvalue weighted by Crippen LogP contribution is 2.65. The van der Waals surface area contributed by atoms with E-state index >= 15 is 0 Å². The summed E-state index contributed by atoms with van der Waals surface area (Å²) >= 11 is 0. The van der Waals surface area contributed by atoms with Crippen molar-refractivity contribution in [2.24, 2.45) is 29.1 Å². The zero-order valence-electron chi connectivity index (χ0n) is 25.9. The van der Waals surface area contributed by atoms with Gasteiger partial charge in [0.15, 0.2) is 5.78 Å². The Labute approximate surface area is 261 Å². The number of hydrogen-bond acceptors (Lipinski definition) is 5. The molecule has 0 spiro atoms. The number of fused-ring (bicyclic) bond motifs is 2. The van der Waals surface area contributed by atoms with Crippen molar-refractivity contribution in [3.63, 3.8) is 0 Å². The van der Waals surface area contributed by atoms with Gasteiger partial charge in [-0.25, -0.2) is 4.39 Å². The van der Waals surface area contributed by atoms with Crippen LogP contribution in [-0.2, 0) is 19.2 Å². The number of H-pyrrole nitrogens is 1. The lowest BCUT2D eigenvalue weighted by molar-refractivity contribution is -0.143. The number of ketones is 1. The van der Waals surface area contributed by atoms with Gasteiger partial charge in [-0.15, -0.1) is 0 Å². The Morgan fingerprint density at radius 3 is 2.56 bits per heavy atom. The lowest BCUT2D eigenvalue weighted by Gasteiger charge is -2.37. The summed E-state index contributed by atoms with van der Waals surface area (Å²) in [6.45, 7) is 8.64. The van der Waals surface area contributed by atoms with Crippen LogP contribution in [0.2, 0.25) is 0 Å². The number of nitrogens with zero attached hydrogens (tertiary/aromatic N) is 1. The number of halogens is 1. The summed E-state index contributed by atoms with van der Waals surface area (Å²) in [6, 6.07) is 3.41. The maximum Gasteiger partial charge on any atom is 0.268 e. The third kappa shape index (κ3) is 5.77. The van der Waals surface area contributed by atoms with Gasteiger partial charge in [0.2, 0.25) is 17.7 Å². The molecule has 45 heavy (non-hydrogen) atoms. The van der Waals surface area contributed by atoms with Crippen molar-refractivity contribution < 1.29 is 28.4 Å². The van der Waals surface area contributed by atoms with Gasteiger partial charge < -0.3 is 25.8 Å². The fraction of sp³-hybridized carbons (Fsp3) is 0.559. The minimum absolute atomic E-state index is 0.102. The van der Waals surface area contributed by atoms with Crippen molar-refractivity contribution in [2.75, 3.05) is 13.1 Å². The largest absolute Gasteiger partial charge is 0.356 e. The molecule has 2 saturated carbocycles. The number of hydrogen-bond donors (Lipinski definition) is 4. The van der Waals surface area contributed by atoms with Gasteiger partial charge in [-0.3, -0.25) is 24.0 Å². The third-order valence-corrected chi connectivity index (χ3v) is 10.8. The second kappa shape index (κ2) is 12.1. The fourth-order valence-electron chi connectivity index (χ4n) is 8.10. The SMILES string of the molecule is C=CC(=O)[C@H](C[C@@H]1CCNC1=O)NC(=O)[C@@H]1[C@@H]2[C@H](CN1C(=O)[C@@H](NC(=O)c1cc3c(F)cccc3[nH]1)C1CCCCC1)C2(C)C. The van der Waals surface area contributed by atoms with E-state index in [1.807, 2.05) is 0 Å². The maximum atomic E-state index is 14.5. The molecule has 4 fully saturated rings.